The van der Waals surface area contributed by atoms with E-state index in [0.29, 0.717) is 0 Å². The van der Waals surface area contributed by atoms with Crippen molar-refractivity contribution in [2.24, 2.45) is 17.8 Å². The Kier molecular flexibility index (Phi) is 5.38. The molecule has 2 atom stereocenters. The zero-order valence-electron chi connectivity index (χ0n) is 10.7. The van der Waals surface area contributed by atoms with Gasteiger partial charge in [-0.15, -0.1) is 6.58 Å². The first kappa shape index (κ1) is 12.8. The number of rotatable bonds is 6. The molecule has 88 valence electrons. The third-order valence-corrected chi connectivity index (χ3v) is 3.39. The van der Waals surface area contributed by atoms with Crippen LogP contribution < -0.4 is 5.32 Å². The molecule has 1 aliphatic rings. The van der Waals surface area contributed by atoms with Gasteiger partial charge in [-0.25, -0.2) is 0 Å². The van der Waals surface area contributed by atoms with Gasteiger partial charge in [0.25, 0.3) is 0 Å². The molecule has 0 heterocycles. The molecular weight excluding hydrogens is 182 g/mol. The SMILES string of the molecule is C=C(C)CC1CCCC1CNCC(C)C. The first-order chi connectivity index (χ1) is 7.09. The second-order valence-corrected chi connectivity index (χ2v) is 5.66. The second kappa shape index (κ2) is 6.32. The molecule has 1 rings (SSSR count). The maximum absolute atomic E-state index is 4.04. The number of hydrogen-bond donors (Lipinski definition) is 1. The normalized spacial score (nSPS) is 26.1. The smallest absolute Gasteiger partial charge is 0.00176 e. The summed E-state index contributed by atoms with van der Waals surface area (Å²) in [4.78, 5) is 0. The van der Waals surface area contributed by atoms with Gasteiger partial charge in [0.1, 0.15) is 0 Å². The molecule has 0 amide bonds. The van der Waals surface area contributed by atoms with Crippen LogP contribution in [0.5, 0.6) is 0 Å². The molecule has 1 N–H and O–H groups in total. The highest BCUT2D eigenvalue weighted by atomic mass is 14.9. The molecule has 0 radical (unpaired) electrons. The van der Waals surface area contributed by atoms with E-state index in [9.17, 15) is 0 Å². The summed E-state index contributed by atoms with van der Waals surface area (Å²) in [5, 5.41) is 3.60. The molecule has 0 saturated heterocycles. The minimum Gasteiger partial charge on any atom is -0.316 e. The van der Waals surface area contributed by atoms with Crippen molar-refractivity contribution in [1.29, 1.82) is 0 Å². The second-order valence-electron chi connectivity index (χ2n) is 5.66. The minimum atomic E-state index is 0.769. The molecular formula is C14H27N. The van der Waals surface area contributed by atoms with Crippen LogP contribution in [0.1, 0.15) is 46.5 Å². The third kappa shape index (κ3) is 4.83. The van der Waals surface area contributed by atoms with Gasteiger partial charge in [-0.2, -0.15) is 0 Å². The van der Waals surface area contributed by atoms with Crippen LogP contribution in [-0.4, -0.2) is 13.1 Å². The quantitative estimate of drug-likeness (QED) is 0.659. The van der Waals surface area contributed by atoms with Gasteiger partial charge in [-0.1, -0.05) is 25.8 Å². The summed E-state index contributed by atoms with van der Waals surface area (Å²) in [5.41, 5.74) is 1.36. The van der Waals surface area contributed by atoms with Gasteiger partial charge >= 0.3 is 0 Å². The highest BCUT2D eigenvalue weighted by molar-refractivity contribution is 4.94. The van der Waals surface area contributed by atoms with E-state index in [0.717, 1.165) is 24.3 Å². The first-order valence-corrected chi connectivity index (χ1v) is 6.44. The fraction of sp³-hybridized carbons (Fsp3) is 0.857. The van der Waals surface area contributed by atoms with Crippen LogP contribution in [0.25, 0.3) is 0 Å². The van der Waals surface area contributed by atoms with Crippen LogP contribution in [0.2, 0.25) is 0 Å². The molecule has 0 aromatic carbocycles. The summed E-state index contributed by atoms with van der Waals surface area (Å²) < 4.78 is 0. The number of hydrogen-bond acceptors (Lipinski definition) is 1. The Morgan fingerprint density at radius 1 is 1.33 bits per heavy atom. The van der Waals surface area contributed by atoms with Gasteiger partial charge in [0.05, 0.1) is 0 Å². The van der Waals surface area contributed by atoms with Crippen LogP contribution in [-0.2, 0) is 0 Å². The van der Waals surface area contributed by atoms with Crippen molar-refractivity contribution < 1.29 is 0 Å². The fourth-order valence-electron chi connectivity index (χ4n) is 2.66. The van der Waals surface area contributed by atoms with E-state index in [4.69, 9.17) is 0 Å². The molecule has 0 aliphatic heterocycles. The lowest BCUT2D eigenvalue weighted by Crippen LogP contribution is -2.28. The molecule has 1 fully saturated rings. The zero-order chi connectivity index (χ0) is 11.3. The van der Waals surface area contributed by atoms with Crippen molar-refractivity contribution in [3.8, 4) is 0 Å². The van der Waals surface area contributed by atoms with Crippen molar-refractivity contribution in [2.75, 3.05) is 13.1 Å². The summed E-state index contributed by atoms with van der Waals surface area (Å²) in [7, 11) is 0. The molecule has 2 unspecified atom stereocenters. The third-order valence-electron chi connectivity index (χ3n) is 3.39. The van der Waals surface area contributed by atoms with E-state index in [1.165, 1.54) is 37.8 Å². The van der Waals surface area contributed by atoms with Gasteiger partial charge < -0.3 is 5.32 Å². The van der Waals surface area contributed by atoms with E-state index in [1.54, 1.807) is 0 Å². The summed E-state index contributed by atoms with van der Waals surface area (Å²) in [5.74, 6) is 2.58. The van der Waals surface area contributed by atoms with E-state index in [-0.39, 0.29) is 0 Å². The Hall–Kier alpha value is -0.300. The van der Waals surface area contributed by atoms with Crippen LogP contribution >= 0.6 is 0 Å². The van der Waals surface area contributed by atoms with Gasteiger partial charge in [-0.3, -0.25) is 0 Å². The lowest BCUT2D eigenvalue weighted by Gasteiger charge is -2.20. The summed E-state index contributed by atoms with van der Waals surface area (Å²) in [6.07, 6.45) is 5.50. The van der Waals surface area contributed by atoms with Crippen LogP contribution in [0.3, 0.4) is 0 Å². The summed E-state index contributed by atoms with van der Waals surface area (Å²) in [6, 6.07) is 0. The molecule has 1 heteroatoms. The Morgan fingerprint density at radius 3 is 2.60 bits per heavy atom. The minimum absolute atomic E-state index is 0.769. The molecule has 0 aromatic heterocycles. The average Bonchev–Trinajstić information content (AvgIpc) is 2.51. The highest BCUT2D eigenvalue weighted by Gasteiger charge is 2.26. The monoisotopic (exact) mass is 209 g/mol. The summed E-state index contributed by atoms with van der Waals surface area (Å²) >= 11 is 0. The van der Waals surface area contributed by atoms with Crippen molar-refractivity contribution >= 4 is 0 Å². The van der Waals surface area contributed by atoms with E-state index < -0.39 is 0 Å². The average molecular weight is 209 g/mol. The Balaban J connectivity index is 2.24. The number of allylic oxidation sites excluding steroid dienone is 1. The van der Waals surface area contributed by atoms with Gasteiger partial charge in [0, 0.05) is 0 Å². The van der Waals surface area contributed by atoms with E-state index >= 15 is 0 Å². The van der Waals surface area contributed by atoms with Crippen molar-refractivity contribution in [2.45, 2.75) is 46.5 Å². The van der Waals surface area contributed by atoms with E-state index in [1.807, 2.05) is 0 Å². The lowest BCUT2D eigenvalue weighted by atomic mass is 9.90. The molecule has 0 aromatic rings. The lowest BCUT2D eigenvalue weighted by molar-refractivity contribution is 0.357. The molecule has 15 heavy (non-hydrogen) atoms. The predicted molar refractivity (Wildman–Crippen MR) is 68.0 cm³/mol. The van der Waals surface area contributed by atoms with E-state index in [2.05, 4.69) is 32.7 Å². The molecule has 1 saturated carbocycles. The highest BCUT2D eigenvalue weighted by Crippen LogP contribution is 2.35. The maximum atomic E-state index is 4.04. The molecule has 0 spiro atoms. The zero-order valence-corrected chi connectivity index (χ0v) is 10.7. The first-order valence-electron chi connectivity index (χ1n) is 6.44. The van der Waals surface area contributed by atoms with Crippen molar-refractivity contribution in [3.63, 3.8) is 0 Å². The van der Waals surface area contributed by atoms with Gasteiger partial charge in [0.2, 0.25) is 0 Å². The Bertz CT molecular complexity index is 196. The molecule has 1 aliphatic carbocycles. The predicted octanol–water partition coefficient (Wildman–Crippen LogP) is 3.61. The topological polar surface area (TPSA) is 12.0 Å². The maximum Gasteiger partial charge on any atom is -0.00176 e. The number of nitrogens with one attached hydrogen (secondary N) is 1. The van der Waals surface area contributed by atoms with Crippen LogP contribution in [0.15, 0.2) is 12.2 Å². The van der Waals surface area contributed by atoms with Crippen LogP contribution in [0, 0.1) is 17.8 Å². The van der Waals surface area contributed by atoms with Gasteiger partial charge in [-0.05, 0) is 57.0 Å². The van der Waals surface area contributed by atoms with Crippen molar-refractivity contribution in [1.82, 2.24) is 5.32 Å². The Morgan fingerprint density at radius 2 is 2.00 bits per heavy atom. The molecule has 0 bridgehead atoms. The molecule has 1 nitrogen and oxygen atoms in total. The van der Waals surface area contributed by atoms with Crippen molar-refractivity contribution in [3.05, 3.63) is 12.2 Å². The fourth-order valence-corrected chi connectivity index (χ4v) is 2.66. The summed E-state index contributed by atoms with van der Waals surface area (Å²) in [6.45, 7) is 13.1. The van der Waals surface area contributed by atoms with Crippen LogP contribution in [0.4, 0.5) is 0 Å². The van der Waals surface area contributed by atoms with Gasteiger partial charge in [0.15, 0.2) is 0 Å². The standard InChI is InChI=1S/C14H27N/c1-11(2)8-13-6-5-7-14(13)10-15-9-12(3)4/h12-15H,1,5-10H2,2-4H3. The largest absolute Gasteiger partial charge is 0.316 e. The Labute approximate surface area is 95.3 Å².